The first-order valence-corrected chi connectivity index (χ1v) is 5.23. The van der Waals surface area contributed by atoms with Gasteiger partial charge in [-0.15, -0.1) is 24.8 Å². The molecule has 2 rings (SSSR count). The fraction of sp³-hybridized carbons (Fsp3) is 0.182. The van der Waals surface area contributed by atoms with Crippen molar-refractivity contribution in [2.24, 2.45) is 0 Å². The molecular formula is C11H7ClF3NO. The van der Waals surface area contributed by atoms with Crippen molar-refractivity contribution in [3.05, 3.63) is 36.0 Å². The highest BCUT2D eigenvalue weighted by Crippen LogP contribution is 2.25. The van der Waals surface area contributed by atoms with Gasteiger partial charge in [0.2, 0.25) is 0 Å². The molecule has 0 radical (unpaired) electrons. The zero-order valence-corrected chi connectivity index (χ0v) is 9.22. The molecule has 0 amide bonds. The molecule has 1 heterocycles. The average molecular weight is 262 g/mol. The predicted molar refractivity (Wildman–Crippen MR) is 58.0 cm³/mol. The molecule has 0 fully saturated rings. The monoisotopic (exact) mass is 261 g/mol. The lowest BCUT2D eigenvalue weighted by Gasteiger charge is -2.09. The highest BCUT2D eigenvalue weighted by atomic mass is 35.5. The highest BCUT2D eigenvalue weighted by Gasteiger charge is 2.31. The Labute approximate surface area is 100.0 Å². The summed E-state index contributed by atoms with van der Waals surface area (Å²) in [6, 6.07) is 7.47. The van der Waals surface area contributed by atoms with Gasteiger partial charge in [0.1, 0.15) is 5.75 Å². The molecule has 1 aromatic heterocycles. The van der Waals surface area contributed by atoms with Crippen LogP contribution < -0.4 is 4.74 Å². The highest BCUT2D eigenvalue weighted by molar-refractivity contribution is 6.16. The van der Waals surface area contributed by atoms with Gasteiger partial charge in [-0.3, -0.25) is 4.98 Å². The van der Waals surface area contributed by atoms with Crippen LogP contribution in [0.3, 0.4) is 0 Å². The number of rotatable bonds is 2. The van der Waals surface area contributed by atoms with Gasteiger partial charge in [0, 0.05) is 11.5 Å². The molecule has 90 valence electrons. The standard InChI is InChI=1S/C11H7ClF3NO/c12-6-8-3-1-7-2-4-9(5-10(7)16-8)17-11(13,14)15/h1-5H,6H2. The van der Waals surface area contributed by atoms with Crippen molar-refractivity contribution in [1.29, 1.82) is 0 Å². The first-order valence-electron chi connectivity index (χ1n) is 4.69. The Morgan fingerprint density at radius 3 is 2.53 bits per heavy atom. The van der Waals surface area contributed by atoms with Gasteiger partial charge < -0.3 is 4.74 Å². The van der Waals surface area contributed by atoms with E-state index >= 15 is 0 Å². The minimum atomic E-state index is -4.70. The molecule has 0 bridgehead atoms. The van der Waals surface area contributed by atoms with Crippen LogP contribution in [-0.2, 0) is 5.88 Å². The number of ether oxygens (including phenoxy) is 1. The van der Waals surface area contributed by atoms with E-state index in [0.29, 0.717) is 11.2 Å². The van der Waals surface area contributed by atoms with Crippen molar-refractivity contribution in [2.75, 3.05) is 0 Å². The van der Waals surface area contributed by atoms with Crippen LogP contribution >= 0.6 is 11.6 Å². The number of halogens is 4. The van der Waals surface area contributed by atoms with Crippen LogP contribution in [0.2, 0.25) is 0 Å². The SMILES string of the molecule is FC(F)(F)Oc1ccc2ccc(CCl)nc2c1. The van der Waals surface area contributed by atoms with Gasteiger partial charge in [-0.1, -0.05) is 6.07 Å². The Kier molecular flexibility index (Phi) is 3.11. The van der Waals surface area contributed by atoms with Crippen molar-refractivity contribution < 1.29 is 17.9 Å². The van der Waals surface area contributed by atoms with E-state index in [1.54, 1.807) is 12.1 Å². The zero-order chi connectivity index (χ0) is 12.5. The minimum absolute atomic E-state index is 0.209. The van der Waals surface area contributed by atoms with Crippen LogP contribution in [0, 0.1) is 0 Å². The van der Waals surface area contributed by atoms with Gasteiger partial charge in [0.15, 0.2) is 0 Å². The number of aromatic nitrogens is 1. The van der Waals surface area contributed by atoms with E-state index in [1.807, 2.05) is 0 Å². The maximum Gasteiger partial charge on any atom is 0.573 e. The van der Waals surface area contributed by atoms with Crippen LogP contribution in [-0.4, -0.2) is 11.3 Å². The fourth-order valence-electron chi connectivity index (χ4n) is 1.41. The van der Waals surface area contributed by atoms with Gasteiger partial charge in [0.25, 0.3) is 0 Å². The van der Waals surface area contributed by atoms with Crippen molar-refractivity contribution in [3.8, 4) is 5.75 Å². The molecular weight excluding hydrogens is 255 g/mol. The molecule has 17 heavy (non-hydrogen) atoms. The first kappa shape index (κ1) is 12.0. The predicted octanol–water partition coefficient (Wildman–Crippen LogP) is 3.87. The number of nitrogens with zero attached hydrogens (tertiary/aromatic N) is 1. The lowest BCUT2D eigenvalue weighted by atomic mass is 10.2. The quantitative estimate of drug-likeness (QED) is 0.766. The second kappa shape index (κ2) is 4.41. The summed E-state index contributed by atoms with van der Waals surface area (Å²) in [6.07, 6.45) is -4.70. The third kappa shape index (κ3) is 3.00. The maximum absolute atomic E-state index is 12.0. The van der Waals surface area contributed by atoms with Gasteiger partial charge >= 0.3 is 6.36 Å². The fourth-order valence-corrected chi connectivity index (χ4v) is 1.56. The Hall–Kier alpha value is -1.49. The summed E-state index contributed by atoms with van der Waals surface area (Å²) in [4.78, 5) is 4.11. The zero-order valence-electron chi connectivity index (χ0n) is 8.46. The van der Waals surface area contributed by atoms with Crippen molar-refractivity contribution >= 4 is 22.5 Å². The Balaban J connectivity index is 2.41. The summed E-state index contributed by atoms with van der Waals surface area (Å²) < 4.78 is 39.9. The Bertz CT molecular complexity index is 542. The first-order chi connectivity index (χ1) is 7.98. The van der Waals surface area contributed by atoms with Crippen molar-refractivity contribution in [1.82, 2.24) is 4.98 Å². The van der Waals surface area contributed by atoms with Crippen LogP contribution in [0.1, 0.15) is 5.69 Å². The summed E-state index contributed by atoms with van der Waals surface area (Å²) in [5, 5.41) is 0.730. The molecule has 0 atom stereocenters. The van der Waals surface area contributed by atoms with Gasteiger partial charge in [-0.05, 0) is 18.2 Å². The van der Waals surface area contributed by atoms with Crippen LogP contribution in [0.15, 0.2) is 30.3 Å². The lowest BCUT2D eigenvalue weighted by molar-refractivity contribution is -0.274. The molecule has 0 saturated carbocycles. The number of pyridine rings is 1. The van der Waals surface area contributed by atoms with E-state index in [4.69, 9.17) is 11.6 Å². The van der Waals surface area contributed by atoms with Crippen LogP contribution in [0.25, 0.3) is 10.9 Å². The number of hydrogen-bond acceptors (Lipinski definition) is 2. The second-order valence-electron chi connectivity index (χ2n) is 3.34. The van der Waals surface area contributed by atoms with E-state index in [2.05, 4.69) is 9.72 Å². The summed E-state index contributed by atoms with van der Waals surface area (Å²) >= 11 is 5.60. The molecule has 6 heteroatoms. The van der Waals surface area contributed by atoms with Gasteiger partial charge in [-0.2, -0.15) is 0 Å². The molecule has 0 saturated heterocycles. The molecule has 0 N–H and O–H groups in total. The van der Waals surface area contributed by atoms with E-state index in [9.17, 15) is 13.2 Å². The summed E-state index contributed by atoms with van der Waals surface area (Å²) in [5.74, 6) is -0.0791. The van der Waals surface area contributed by atoms with Gasteiger partial charge in [-0.25, -0.2) is 0 Å². The molecule has 0 spiro atoms. The normalized spacial score (nSPS) is 11.8. The largest absolute Gasteiger partial charge is 0.573 e. The van der Waals surface area contributed by atoms with Crippen molar-refractivity contribution in [3.63, 3.8) is 0 Å². The van der Waals surface area contributed by atoms with E-state index < -0.39 is 6.36 Å². The summed E-state index contributed by atoms with van der Waals surface area (Å²) in [6.45, 7) is 0. The summed E-state index contributed by atoms with van der Waals surface area (Å²) in [7, 11) is 0. The Morgan fingerprint density at radius 1 is 1.18 bits per heavy atom. The van der Waals surface area contributed by atoms with E-state index in [1.165, 1.54) is 18.2 Å². The maximum atomic E-state index is 12.0. The third-order valence-electron chi connectivity index (χ3n) is 2.09. The third-order valence-corrected chi connectivity index (χ3v) is 2.37. The smallest absolute Gasteiger partial charge is 0.406 e. The number of benzene rings is 1. The number of hydrogen-bond donors (Lipinski definition) is 0. The molecule has 2 nitrogen and oxygen atoms in total. The second-order valence-corrected chi connectivity index (χ2v) is 3.61. The van der Waals surface area contributed by atoms with Gasteiger partial charge in [0.05, 0.1) is 17.1 Å². The molecule has 0 aliphatic rings. The minimum Gasteiger partial charge on any atom is -0.406 e. The molecule has 0 aliphatic carbocycles. The lowest BCUT2D eigenvalue weighted by Crippen LogP contribution is -2.17. The van der Waals surface area contributed by atoms with Crippen LogP contribution in [0.5, 0.6) is 5.75 Å². The Morgan fingerprint density at radius 2 is 1.88 bits per heavy atom. The van der Waals surface area contributed by atoms with Crippen molar-refractivity contribution in [2.45, 2.75) is 12.2 Å². The topological polar surface area (TPSA) is 22.1 Å². The molecule has 1 aromatic carbocycles. The average Bonchev–Trinajstić information content (AvgIpc) is 2.26. The van der Waals surface area contributed by atoms with E-state index in [0.717, 1.165) is 5.39 Å². The molecule has 0 unspecified atom stereocenters. The number of fused-ring (bicyclic) bond motifs is 1. The molecule has 2 aromatic rings. The van der Waals surface area contributed by atoms with E-state index in [-0.39, 0.29) is 11.6 Å². The summed E-state index contributed by atoms with van der Waals surface area (Å²) in [5.41, 5.74) is 1.02. The number of alkyl halides is 4. The van der Waals surface area contributed by atoms with Crippen LogP contribution in [0.4, 0.5) is 13.2 Å². The molecule has 0 aliphatic heterocycles.